The second-order valence-corrected chi connectivity index (χ2v) is 16.0. The van der Waals surface area contributed by atoms with E-state index in [1.165, 1.54) is 37.3 Å². The van der Waals surface area contributed by atoms with Gasteiger partial charge in [0.1, 0.15) is 41.6 Å². The van der Waals surface area contributed by atoms with Crippen LogP contribution < -0.4 is 47.3 Å². The monoisotopic (exact) mass is 877 g/mol. The number of hydrogen-bond acceptors (Lipinski definition) is 12. The van der Waals surface area contributed by atoms with Gasteiger partial charge in [-0.15, -0.1) is 0 Å². The zero-order valence-electron chi connectivity index (χ0n) is 33.9. The Kier molecular flexibility index (Phi) is 12.6. The molecular weight excluding hydrogens is 831 g/mol. The lowest BCUT2D eigenvalue weighted by molar-refractivity contribution is -0.121. The Morgan fingerprint density at radius 3 is 2.56 bits per heavy atom. The maximum atomic E-state index is 15.1. The lowest BCUT2D eigenvalue weighted by Crippen LogP contribution is -2.56. The number of anilines is 4. The fourth-order valence-corrected chi connectivity index (χ4v) is 8.56. The van der Waals surface area contributed by atoms with Crippen LogP contribution in [0.1, 0.15) is 47.5 Å². The van der Waals surface area contributed by atoms with Crippen molar-refractivity contribution in [3.05, 3.63) is 112 Å². The first-order chi connectivity index (χ1) is 29.8. The molecule has 7 atom stereocenters. The van der Waals surface area contributed by atoms with E-state index in [2.05, 4.69) is 31.9 Å². The number of benzene rings is 4. The third-order valence-corrected chi connectivity index (χ3v) is 11.7. The number of carbonyl (C=O) groups is 3. The van der Waals surface area contributed by atoms with Gasteiger partial charge in [0.2, 0.25) is 11.8 Å². The van der Waals surface area contributed by atoms with Crippen molar-refractivity contribution >= 4 is 52.1 Å². The van der Waals surface area contributed by atoms with Gasteiger partial charge in [0.05, 0.1) is 47.5 Å². The number of carbonyl (C=O) groups excluding carboxylic acids is 3. The van der Waals surface area contributed by atoms with Gasteiger partial charge in [0.25, 0.3) is 5.91 Å². The summed E-state index contributed by atoms with van der Waals surface area (Å²) in [6.07, 6.45) is -1.83. The van der Waals surface area contributed by atoms with E-state index in [-0.39, 0.29) is 53.5 Å². The van der Waals surface area contributed by atoms with E-state index >= 15 is 4.39 Å². The van der Waals surface area contributed by atoms with Crippen molar-refractivity contribution in [3.8, 4) is 5.75 Å². The fraction of sp³-hybridized carbons (Fsp3) is 0.372. The molecule has 4 heterocycles. The van der Waals surface area contributed by atoms with Crippen molar-refractivity contribution in [1.29, 1.82) is 0 Å². The number of amides is 3. The first-order valence-corrected chi connectivity index (χ1v) is 20.7. The van der Waals surface area contributed by atoms with Crippen LogP contribution in [0.2, 0.25) is 5.02 Å². The minimum absolute atomic E-state index is 0.0454. The lowest BCUT2D eigenvalue weighted by atomic mass is 10.1. The van der Waals surface area contributed by atoms with Gasteiger partial charge in [-0.2, -0.15) is 0 Å². The molecule has 3 fully saturated rings. The smallest absolute Gasteiger partial charge is 0.254 e. The van der Waals surface area contributed by atoms with Gasteiger partial charge in [-0.05, 0) is 74.0 Å². The van der Waals surface area contributed by atoms with Gasteiger partial charge >= 0.3 is 0 Å². The Hall–Kier alpha value is -5.79. The molecule has 7 unspecified atom stereocenters. The molecular formula is C43H47ClF3N9O6. The Morgan fingerprint density at radius 2 is 1.82 bits per heavy atom. The molecule has 8 N–H and O–H groups in total. The molecule has 3 amide bonds. The number of nitrogens with two attached hydrogens (primary N) is 1. The summed E-state index contributed by atoms with van der Waals surface area (Å²) in [7, 11) is 0. The number of hydrogen-bond donors (Lipinski definition) is 7. The topological polar surface area (TPSA) is 184 Å². The largest absolute Gasteiger partial charge is 0.490 e. The number of nitrogens with zero attached hydrogens (tertiary/aromatic N) is 2. The minimum Gasteiger partial charge on any atom is -0.490 e. The SMILES string of the molecule is CC(=O)NC1CC(Oc2ccc3c(c2C)NC(Nc2ccc(F)cc2F)N3CC2COCCN2C(=O)c2ccc(NC3OC(c4c(F)cccc4Cl)NC3C(N)=O)cc2)CCN1. The average molecular weight is 878 g/mol. The van der Waals surface area contributed by atoms with Crippen molar-refractivity contribution < 1.29 is 41.8 Å². The molecule has 19 heteroatoms. The number of ether oxygens (including phenoxy) is 3. The highest BCUT2D eigenvalue weighted by molar-refractivity contribution is 6.31. The van der Waals surface area contributed by atoms with Crippen LogP contribution in [0.15, 0.2) is 72.8 Å². The molecule has 4 aromatic carbocycles. The van der Waals surface area contributed by atoms with E-state index in [0.29, 0.717) is 43.1 Å². The zero-order chi connectivity index (χ0) is 43.7. The maximum absolute atomic E-state index is 15.1. The highest BCUT2D eigenvalue weighted by Crippen LogP contribution is 2.43. The summed E-state index contributed by atoms with van der Waals surface area (Å²) < 4.78 is 62.1. The number of piperidine rings is 1. The minimum atomic E-state index is -1.05. The van der Waals surface area contributed by atoms with Crippen LogP contribution in [-0.4, -0.2) is 92.3 Å². The first kappa shape index (κ1) is 42.9. The Bertz CT molecular complexity index is 2310. The number of primary amides is 1. The molecule has 3 saturated heterocycles. The highest BCUT2D eigenvalue weighted by atomic mass is 35.5. The maximum Gasteiger partial charge on any atom is 0.254 e. The van der Waals surface area contributed by atoms with Gasteiger partial charge in [-0.3, -0.25) is 25.0 Å². The second kappa shape index (κ2) is 18.3. The third kappa shape index (κ3) is 9.19. The Balaban J connectivity index is 0.996. The summed E-state index contributed by atoms with van der Waals surface area (Å²) in [4.78, 5) is 42.0. The van der Waals surface area contributed by atoms with Crippen LogP contribution in [0, 0.1) is 24.4 Å². The first-order valence-electron chi connectivity index (χ1n) is 20.3. The van der Waals surface area contributed by atoms with E-state index in [1.54, 1.807) is 29.2 Å². The molecule has 4 aliphatic rings. The standard InChI is InChI=1S/C43H47ClF3N9O6/c1-22-34(61-28-14-15-49-35(19-28)50-23(2)57)13-12-33-37(22)54-43(52-32-11-8-25(45)18-31(32)47)56(33)20-27-21-60-17-16-55(27)42(59)24-6-9-26(10-7-24)51-41-38(39(48)58)53-40(62-41)36-29(44)4-3-5-30(36)46/h3-13,18,27-28,35,38,40-41,43,49,51-54H,14-17,19-21H2,1-2H3,(H2,48,58)(H,50,57). The summed E-state index contributed by atoms with van der Waals surface area (Å²) in [5.74, 6) is -2.56. The molecule has 62 heavy (non-hydrogen) atoms. The number of morpholine rings is 1. The van der Waals surface area contributed by atoms with Crippen molar-refractivity contribution in [1.82, 2.24) is 20.9 Å². The van der Waals surface area contributed by atoms with E-state index in [0.717, 1.165) is 29.4 Å². The molecule has 0 saturated carbocycles. The van der Waals surface area contributed by atoms with Crippen molar-refractivity contribution in [3.63, 3.8) is 0 Å². The van der Waals surface area contributed by atoms with Crippen LogP contribution in [-0.2, 0) is 19.1 Å². The molecule has 4 aliphatic heterocycles. The van der Waals surface area contributed by atoms with Crippen molar-refractivity contribution in [2.75, 3.05) is 53.7 Å². The molecule has 4 aromatic rings. The number of halogens is 4. The quantitative estimate of drug-likeness (QED) is 0.104. The summed E-state index contributed by atoms with van der Waals surface area (Å²) in [6, 6.07) is 16.4. The molecule has 0 spiro atoms. The van der Waals surface area contributed by atoms with E-state index in [1.807, 2.05) is 24.0 Å². The third-order valence-electron chi connectivity index (χ3n) is 11.4. The van der Waals surface area contributed by atoms with Gasteiger partial charge < -0.3 is 51.0 Å². The average Bonchev–Trinajstić information content (AvgIpc) is 3.81. The molecule has 0 radical (unpaired) electrons. The van der Waals surface area contributed by atoms with Crippen molar-refractivity contribution in [2.24, 2.45) is 5.73 Å². The van der Waals surface area contributed by atoms with Crippen LogP contribution in [0.3, 0.4) is 0 Å². The Morgan fingerprint density at radius 1 is 1.02 bits per heavy atom. The molecule has 15 nitrogen and oxygen atoms in total. The van der Waals surface area contributed by atoms with Crippen LogP contribution in [0.5, 0.6) is 5.75 Å². The second-order valence-electron chi connectivity index (χ2n) is 15.6. The zero-order valence-corrected chi connectivity index (χ0v) is 34.6. The molecule has 0 bridgehead atoms. The summed E-state index contributed by atoms with van der Waals surface area (Å²) in [5, 5.41) is 19.0. The van der Waals surface area contributed by atoms with Gasteiger partial charge in [0.15, 0.2) is 12.5 Å². The molecule has 8 rings (SSSR count). The molecule has 328 valence electrons. The lowest BCUT2D eigenvalue weighted by Gasteiger charge is -2.39. The fourth-order valence-electron chi connectivity index (χ4n) is 8.29. The predicted octanol–water partition coefficient (Wildman–Crippen LogP) is 4.74. The molecule has 0 aromatic heterocycles. The number of nitrogens with one attached hydrogen (secondary N) is 6. The number of fused-ring (bicyclic) bond motifs is 1. The van der Waals surface area contributed by atoms with Crippen LogP contribution in [0.4, 0.5) is 35.9 Å². The van der Waals surface area contributed by atoms with E-state index < -0.39 is 54.2 Å². The predicted molar refractivity (Wildman–Crippen MR) is 226 cm³/mol. The van der Waals surface area contributed by atoms with E-state index in [4.69, 9.17) is 31.5 Å². The summed E-state index contributed by atoms with van der Waals surface area (Å²) in [6.45, 7) is 5.14. The normalized spacial score (nSPS) is 24.5. The van der Waals surface area contributed by atoms with Gasteiger partial charge in [-0.25, -0.2) is 13.2 Å². The molecule has 0 aliphatic carbocycles. The van der Waals surface area contributed by atoms with Crippen LogP contribution >= 0.6 is 11.6 Å². The summed E-state index contributed by atoms with van der Waals surface area (Å²) >= 11 is 6.25. The number of rotatable bonds is 12. The van der Waals surface area contributed by atoms with Gasteiger partial charge in [0, 0.05) is 61.4 Å². The van der Waals surface area contributed by atoms with Gasteiger partial charge in [-0.1, -0.05) is 17.7 Å². The highest BCUT2D eigenvalue weighted by Gasteiger charge is 2.41. The van der Waals surface area contributed by atoms with Crippen LogP contribution in [0.25, 0.3) is 0 Å². The Labute approximate surface area is 360 Å². The van der Waals surface area contributed by atoms with E-state index in [9.17, 15) is 23.2 Å². The van der Waals surface area contributed by atoms with Crippen molar-refractivity contribution in [2.45, 2.75) is 69.8 Å². The summed E-state index contributed by atoms with van der Waals surface area (Å²) in [5.41, 5.74) is 8.97.